The number of nitrogens with zero attached hydrogens (tertiary/aromatic N) is 2. The van der Waals surface area contributed by atoms with Crippen molar-refractivity contribution >= 4 is 17.1 Å². The number of carbonyl (C=O) groups excluding carboxylic acids is 1. The van der Waals surface area contributed by atoms with Crippen LogP contribution in [0.25, 0.3) is 16.7 Å². The fourth-order valence-electron chi connectivity index (χ4n) is 2.95. The molecule has 0 fully saturated rings. The van der Waals surface area contributed by atoms with Crippen LogP contribution in [0.1, 0.15) is 45.1 Å². The number of hydrogen-bond donors (Lipinski definition) is 1. The highest BCUT2D eigenvalue weighted by atomic mass is 16.6. The maximum atomic E-state index is 12.2. The van der Waals surface area contributed by atoms with Crippen LogP contribution in [-0.2, 0) is 4.74 Å². The van der Waals surface area contributed by atoms with Crippen molar-refractivity contribution in [1.82, 2.24) is 14.9 Å². The largest absolute Gasteiger partial charge is 0.444 e. The SMILES string of the molecule is Cc1cccc2c1nc([C@H](C)NC(=O)OC(C)(C)C)n2-c1ccccc1. The highest BCUT2D eigenvalue weighted by molar-refractivity contribution is 5.81. The number of benzene rings is 2. The molecular formula is C21H25N3O2. The van der Waals surface area contributed by atoms with Gasteiger partial charge < -0.3 is 10.1 Å². The third-order valence-corrected chi connectivity index (χ3v) is 4.05. The van der Waals surface area contributed by atoms with Crippen LogP contribution in [0.15, 0.2) is 48.5 Å². The number of nitrogens with one attached hydrogen (secondary N) is 1. The molecule has 5 nitrogen and oxygen atoms in total. The Morgan fingerprint density at radius 2 is 1.81 bits per heavy atom. The number of hydrogen-bond acceptors (Lipinski definition) is 3. The quantitative estimate of drug-likeness (QED) is 0.729. The first-order valence-electron chi connectivity index (χ1n) is 8.79. The van der Waals surface area contributed by atoms with Crippen molar-refractivity contribution in [1.29, 1.82) is 0 Å². The second-order valence-electron chi connectivity index (χ2n) is 7.45. The molecule has 0 bridgehead atoms. The number of aryl methyl sites for hydroxylation is 1. The number of aromatic nitrogens is 2. The van der Waals surface area contributed by atoms with Crippen LogP contribution in [0.2, 0.25) is 0 Å². The highest BCUT2D eigenvalue weighted by Gasteiger charge is 2.23. The number of carbonyl (C=O) groups is 1. The van der Waals surface area contributed by atoms with Crippen molar-refractivity contribution in [2.75, 3.05) is 0 Å². The van der Waals surface area contributed by atoms with Crippen LogP contribution >= 0.6 is 0 Å². The molecule has 5 heteroatoms. The first-order valence-corrected chi connectivity index (χ1v) is 8.79. The lowest BCUT2D eigenvalue weighted by Gasteiger charge is -2.22. The van der Waals surface area contributed by atoms with Gasteiger partial charge in [-0.2, -0.15) is 0 Å². The summed E-state index contributed by atoms with van der Waals surface area (Å²) in [5.41, 5.74) is 3.52. The fraction of sp³-hybridized carbons (Fsp3) is 0.333. The number of para-hydroxylation sites is 2. The molecule has 136 valence electrons. The van der Waals surface area contributed by atoms with Crippen LogP contribution in [0, 0.1) is 6.92 Å². The van der Waals surface area contributed by atoms with Gasteiger partial charge in [0.2, 0.25) is 0 Å². The molecule has 0 aliphatic rings. The molecule has 0 radical (unpaired) electrons. The Labute approximate surface area is 154 Å². The molecule has 2 aromatic carbocycles. The van der Waals surface area contributed by atoms with Crippen LogP contribution in [-0.4, -0.2) is 21.2 Å². The molecule has 1 atom stereocenters. The third-order valence-electron chi connectivity index (χ3n) is 4.05. The zero-order valence-electron chi connectivity index (χ0n) is 15.9. The highest BCUT2D eigenvalue weighted by Crippen LogP contribution is 2.27. The normalized spacial score (nSPS) is 12.8. The van der Waals surface area contributed by atoms with E-state index < -0.39 is 11.7 Å². The van der Waals surface area contributed by atoms with E-state index in [9.17, 15) is 4.79 Å². The van der Waals surface area contributed by atoms with Crippen molar-refractivity contribution in [3.63, 3.8) is 0 Å². The second-order valence-corrected chi connectivity index (χ2v) is 7.45. The van der Waals surface area contributed by atoms with E-state index in [1.165, 1.54) is 0 Å². The lowest BCUT2D eigenvalue weighted by Crippen LogP contribution is -2.34. The van der Waals surface area contributed by atoms with Gasteiger partial charge in [-0.25, -0.2) is 9.78 Å². The monoisotopic (exact) mass is 351 g/mol. The minimum Gasteiger partial charge on any atom is -0.444 e. The molecule has 1 heterocycles. The van der Waals surface area contributed by atoms with Gasteiger partial charge in [0.1, 0.15) is 11.4 Å². The van der Waals surface area contributed by atoms with E-state index in [0.29, 0.717) is 0 Å². The van der Waals surface area contributed by atoms with Gasteiger partial charge >= 0.3 is 6.09 Å². The van der Waals surface area contributed by atoms with Crippen LogP contribution < -0.4 is 5.32 Å². The van der Waals surface area contributed by atoms with Gasteiger partial charge in [0.05, 0.1) is 17.1 Å². The van der Waals surface area contributed by atoms with E-state index in [1.54, 1.807) is 0 Å². The zero-order valence-corrected chi connectivity index (χ0v) is 15.9. The average molecular weight is 351 g/mol. The number of ether oxygens (including phenoxy) is 1. The summed E-state index contributed by atoms with van der Waals surface area (Å²) in [4.78, 5) is 17.0. The number of rotatable bonds is 3. The maximum Gasteiger partial charge on any atom is 0.408 e. The molecule has 1 N–H and O–H groups in total. The molecule has 1 amide bonds. The van der Waals surface area contributed by atoms with Crippen molar-refractivity contribution in [3.05, 3.63) is 59.9 Å². The van der Waals surface area contributed by atoms with Crippen molar-refractivity contribution < 1.29 is 9.53 Å². The Balaban J connectivity index is 2.05. The van der Waals surface area contributed by atoms with E-state index in [0.717, 1.165) is 28.1 Å². The first kappa shape index (κ1) is 18.0. The lowest BCUT2D eigenvalue weighted by atomic mass is 10.2. The smallest absolute Gasteiger partial charge is 0.408 e. The lowest BCUT2D eigenvalue weighted by molar-refractivity contribution is 0.0505. The molecule has 26 heavy (non-hydrogen) atoms. The maximum absolute atomic E-state index is 12.2. The molecule has 0 aliphatic heterocycles. The molecule has 3 aromatic rings. The Morgan fingerprint density at radius 3 is 2.46 bits per heavy atom. The van der Waals surface area contributed by atoms with Gasteiger partial charge in [-0.05, 0) is 58.4 Å². The van der Waals surface area contributed by atoms with Gasteiger partial charge in [-0.1, -0.05) is 30.3 Å². The summed E-state index contributed by atoms with van der Waals surface area (Å²) in [6.45, 7) is 9.50. The molecule has 0 saturated carbocycles. The van der Waals surface area contributed by atoms with Crippen molar-refractivity contribution in [2.45, 2.75) is 46.3 Å². The molecule has 0 unspecified atom stereocenters. The number of alkyl carbamates (subject to hydrolysis) is 1. The van der Waals surface area contributed by atoms with Gasteiger partial charge in [-0.15, -0.1) is 0 Å². The van der Waals surface area contributed by atoms with E-state index in [1.807, 2.05) is 83.1 Å². The van der Waals surface area contributed by atoms with Gasteiger partial charge in [-0.3, -0.25) is 4.57 Å². The molecular weight excluding hydrogens is 326 g/mol. The second kappa shape index (κ2) is 6.83. The Bertz CT molecular complexity index is 924. The van der Waals surface area contributed by atoms with Crippen molar-refractivity contribution in [3.8, 4) is 5.69 Å². The summed E-state index contributed by atoms with van der Waals surface area (Å²) in [7, 11) is 0. The molecule has 0 aliphatic carbocycles. The Hall–Kier alpha value is -2.82. The predicted molar refractivity (Wildman–Crippen MR) is 104 cm³/mol. The van der Waals surface area contributed by atoms with Gasteiger partial charge in [0.15, 0.2) is 0 Å². The van der Waals surface area contributed by atoms with Crippen LogP contribution in [0.5, 0.6) is 0 Å². The molecule has 3 rings (SSSR count). The summed E-state index contributed by atoms with van der Waals surface area (Å²) >= 11 is 0. The fourth-order valence-corrected chi connectivity index (χ4v) is 2.95. The predicted octanol–water partition coefficient (Wildman–Crippen LogP) is 4.92. The van der Waals surface area contributed by atoms with Crippen LogP contribution in [0.4, 0.5) is 4.79 Å². The minimum atomic E-state index is -0.542. The summed E-state index contributed by atoms with van der Waals surface area (Å²) in [5, 5.41) is 2.90. The summed E-state index contributed by atoms with van der Waals surface area (Å²) in [6, 6.07) is 15.8. The van der Waals surface area contributed by atoms with Gasteiger partial charge in [0.25, 0.3) is 0 Å². The topological polar surface area (TPSA) is 56.1 Å². The number of amides is 1. The van der Waals surface area contributed by atoms with Crippen LogP contribution in [0.3, 0.4) is 0 Å². The summed E-state index contributed by atoms with van der Waals surface area (Å²) < 4.78 is 7.47. The Kier molecular flexibility index (Phi) is 4.72. The zero-order chi connectivity index (χ0) is 18.9. The molecule has 1 aromatic heterocycles. The number of imidazole rings is 1. The molecule has 0 saturated heterocycles. The Morgan fingerprint density at radius 1 is 1.12 bits per heavy atom. The minimum absolute atomic E-state index is 0.308. The summed E-state index contributed by atoms with van der Waals surface area (Å²) in [6.07, 6.45) is -0.451. The average Bonchev–Trinajstić information content (AvgIpc) is 2.95. The standard InChI is InChI=1S/C21H25N3O2/c1-14-10-9-13-17-18(14)23-19(24(17)16-11-7-6-8-12-16)15(2)22-20(25)26-21(3,4)5/h6-13,15H,1-5H3,(H,22,25)/t15-/m0/s1. The first-order chi connectivity index (χ1) is 12.3. The molecule has 0 spiro atoms. The van der Waals surface area contributed by atoms with Crippen molar-refractivity contribution in [2.24, 2.45) is 0 Å². The van der Waals surface area contributed by atoms with E-state index in [4.69, 9.17) is 9.72 Å². The summed E-state index contributed by atoms with van der Waals surface area (Å²) in [5.74, 6) is 0.770. The van der Waals surface area contributed by atoms with E-state index in [-0.39, 0.29) is 6.04 Å². The number of fused-ring (bicyclic) bond motifs is 1. The van der Waals surface area contributed by atoms with E-state index >= 15 is 0 Å². The van der Waals surface area contributed by atoms with Gasteiger partial charge in [0, 0.05) is 5.69 Å². The van der Waals surface area contributed by atoms with E-state index in [2.05, 4.69) is 9.88 Å². The third kappa shape index (κ3) is 3.72.